The molecule has 1 aliphatic rings. The summed E-state index contributed by atoms with van der Waals surface area (Å²) >= 11 is 1.52. The zero-order valence-corrected chi connectivity index (χ0v) is 21.0. The van der Waals surface area contributed by atoms with Crippen molar-refractivity contribution in [2.45, 2.75) is 38.5 Å². The minimum absolute atomic E-state index is 0.216. The predicted octanol–water partition coefficient (Wildman–Crippen LogP) is 6.13. The van der Waals surface area contributed by atoms with Crippen molar-refractivity contribution < 1.29 is 14.3 Å². The van der Waals surface area contributed by atoms with Gasteiger partial charge in [-0.05, 0) is 43.9 Å². The number of carbonyl (C=O) groups is 2. The molecular formula is C28H31N3O3S. The SMILES string of the molecule is CC=CCCC(=O)N1CCC(c2nc(C(=O)Nc3cc(OC)ccc3-c3ccccc3)cs2)CC1. The van der Waals surface area contributed by atoms with Gasteiger partial charge in [0, 0.05) is 42.4 Å². The van der Waals surface area contributed by atoms with Crippen LogP contribution in [0.25, 0.3) is 11.1 Å². The summed E-state index contributed by atoms with van der Waals surface area (Å²) < 4.78 is 5.37. The van der Waals surface area contributed by atoms with Crippen molar-refractivity contribution in [2.75, 3.05) is 25.5 Å². The monoisotopic (exact) mass is 489 g/mol. The molecule has 0 unspecified atom stereocenters. The zero-order chi connectivity index (χ0) is 24.6. The molecule has 1 aromatic heterocycles. The van der Waals surface area contributed by atoms with Gasteiger partial charge in [-0.3, -0.25) is 9.59 Å². The number of anilines is 1. The molecule has 4 rings (SSSR count). The van der Waals surface area contributed by atoms with Gasteiger partial charge in [0.2, 0.25) is 5.91 Å². The van der Waals surface area contributed by atoms with Gasteiger partial charge in [0.05, 0.1) is 17.8 Å². The van der Waals surface area contributed by atoms with Gasteiger partial charge in [-0.25, -0.2) is 4.98 Å². The molecule has 0 bridgehead atoms. The molecule has 2 aromatic carbocycles. The molecule has 1 fully saturated rings. The first kappa shape index (κ1) is 24.7. The molecule has 182 valence electrons. The van der Waals surface area contributed by atoms with Crippen LogP contribution in [-0.4, -0.2) is 41.9 Å². The van der Waals surface area contributed by atoms with E-state index in [0.29, 0.717) is 23.6 Å². The van der Waals surface area contributed by atoms with E-state index < -0.39 is 0 Å². The van der Waals surface area contributed by atoms with E-state index in [4.69, 9.17) is 4.74 Å². The Labute approximate surface area is 210 Å². The van der Waals surface area contributed by atoms with Gasteiger partial charge in [-0.15, -0.1) is 11.3 Å². The molecule has 0 radical (unpaired) electrons. The average Bonchev–Trinajstić information content (AvgIpc) is 3.40. The molecule has 0 saturated carbocycles. The minimum Gasteiger partial charge on any atom is -0.497 e. The van der Waals surface area contributed by atoms with Crippen LogP contribution in [0.4, 0.5) is 5.69 Å². The summed E-state index contributed by atoms with van der Waals surface area (Å²) in [5.41, 5.74) is 3.02. The molecule has 1 aliphatic heterocycles. The maximum atomic E-state index is 13.1. The number of ether oxygens (including phenoxy) is 1. The Bertz CT molecular complexity index is 1180. The molecule has 3 aromatic rings. The lowest BCUT2D eigenvalue weighted by molar-refractivity contribution is -0.132. The second-order valence-corrected chi connectivity index (χ2v) is 9.46. The predicted molar refractivity (Wildman–Crippen MR) is 141 cm³/mol. The second-order valence-electron chi connectivity index (χ2n) is 8.57. The van der Waals surface area contributed by atoms with E-state index in [0.717, 1.165) is 48.5 Å². The Morgan fingerprint density at radius 2 is 1.94 bits per heavy atom. The van der Waals surface area contributed by atoms with Gasteiger partial charge in [-0.1, -0.05) is 42.5 Å². The van der Waals surface area contributed by atoms with E-state index in [1.165, 1.54) is 11.3 Å². The number of benzene rings is 2. The number of allylic oxidation sites excluding steroid dienone is 2. The van der Waals surface area contributed by atoms with Crippen LogP contribution in [0.2, 0.25) is 0 Å². The summed E-state index contributed by atoms with van der Waals surface area (Å²) in [7, 11) is 1.61. The van der Waals surface area contributed by atoms with Crippen LogP contribution in [0.3, 0.4) is 0 Å². The number of piperidine rings is 1. The van der Waals surface area contributed by atoms with Gasteiger partial charge in [0.1, 0.15) is 11.4 Å². The molecule has 1 saturated heterocycles. The molecular weight excluding hydrogens is 458 g/mol. The number of thiazole rings is 1. The number of hydrogen-bond donors (Lipinski definition) is 1. The molecule has 1 N–H and O–H groups in total. The molecule has 7 heteroatoms. The molecule has 35 heavy (non-hydrogen) atoms. The Morgan fingerprint density at radius 1 is 1.17 bits per heavy atom. The summed E-state index contributed by atoms with van der Waals surface area (Å²) in [4.78, 5) is 32.1. The molecule has 0 atom stereocenters. The maximum absolute atomic E-state index is 13.1. The number of nitrogens with one attached hydrogen (secondary N) is 1. The third-order valence-electron chi connectivity index (χ3n) is 6.27. The number of hydrogen-bond acceptors (Lipinski definition) is 5. The first-order valence-electron chi connectivity index (χ1n) is 12.0. The summed E-state index contributed by atoms with van der Waals surface area (Å²) in [5.74, 6) is 0.923. The van der Waals surface area contributed by atoms with Crippen molar-refractivity contribution in [2.24, 2.45) is 0 Å². The summed E-state index contributed by atoms with van der Waals surface area (Å²) in [5, 5.41) is 5.81. The fourth-order valence-corrected chi connectivity index (χ4v) is 5.27. The van der Waals surface area contributed by atoms with Gasteiger partial charge in [-0.2, -0.15) is 0 Å². The highest BCUT2D eigenvalue weighted by molar-refractivity contribution is 7.10. The van der Waals surface area contributed by atoms with Crippen molar-refractivity contribution >= 4 is 28.8 Å². The smallest absolute Gasteiger partial charge is 0.275 e. The minimum atomic E-state index is -0.241. The highest BCUT2D eigenvalue weighted by atomic mass is 32.1. The lowest BCUT2D eigenvalue weighted by Gasteiger charge is -2.31. The highest BCUT2D eigenvalue weighted by Crippen LogP contribution is 2.33. The Hall–Kier alpha value is -3.45. The fraction of sp³-hybridized carbons (Fsp3) is 0.321. The van der Waals surface area contributed by atoms with E-state index in [-0.39, 0.29) is 17.7 Å². The molecule has 0 spiro atoms. The number of nitrogens with zero attached hydrogens (tertiary/aromatic N) is 2. The van der Waals surface area contributed by atoms with Crippen LogP contribution in [-0.2, 0) is 4.79 Å². The normalized spacial score (nSPS) is 14.3. The maximum Gasteiger partial charge on any atom is 0.275 e. The summed E-state index contributed by atoms with van der Waals surface area (Å²) in [6.45, 7) is 3.45. The van der Waals surface area contributed by atoms with Crippen LogP contribution in [0.1, 0.15) is 54.0 Å². The summed E-state index contributed by atoms with van der Waals surface area (Å²) in [6.07, 6.45) is 7.11. The van der Waals surface area contributed by atoms with Crippen LogP contribution in [0, 0.1) is 0 Å². The number of carbonyl (C=O) groups excluding carboxylic acids is 2. The standard InChI is InChI=1S/C28H31N3O3S/c1-3-4-6-11-26(32)31-16-14-21(15-17-31)28-30-25(19-35-28)27(33)29-24-18-22(34-2)12-13-23(24)20-9-7-5-8-10-20/h3-5,7-10,12-13,18-19,21H,6,11,14-17H2,1-2H3,(H,29,33). The van der Waals surface area contributed by atoms with Crippen molar-refractivity contribution in [1.29, 1.82) is 0 Å². The Balaban J connectivity index is 1.41. The van der Waals surface area contributed by atoms with Crippen LogP contribution >= 0.6 is 11.3 Å². The van der Waals surface area contributed by atoms with E-state index in [9.17, 15) is 9.59 Å². The lowest BCUT2D eigenvalue weighted by Crippen LogP contribution is -2.37. The topological polar surface area (TPSA) is 71.5 Å². The summed E-state index contributed by atoms with van der Waals surface area (Å²) in [6, 6.07) is 15.6. The molecule has 2 heterocycles. The average molecular weight is 490 g/mol. The van der Waals surface area contributed by atoms with Gasteiger partial charge in [0.25, 0.3) is 5.91 Å². The van der Waals surface area contributed by atoms with Crippen molar-refractivity contribution in [3.05, 3.63) is 76.8 Å². The second kappa shape index (κ2) is 11.8. The number of amides is 2. The largest absolute Gasteiger partial charge is 0.497 e. The Kier molecular flexibility index (Phi) is 8.32. The van der Waals surface area contributed by atoms with Crippen LogP contribution in [0.5, 0.6) is 5.75 Å². The van der Waals surface area contributed by atoms with Crippen molar-refractivity contribution in [1.82, 2.24) is 9.88 Å². The van der Waals surface area contributed by atoms with Crippen molar-refractivity contribution in [3.8, 4) is 16.9 Å². The quantitative estimate of drug-likeness (QED) is 0.386. The van der Waals surface area contributed by atoms with E-state index in [2.05, 4.69) is 10.3 Å². The first-order valence-corrected chi connectivity index (χ1v) is 12.9. The molecule has 2 amide bonds. The van der Waals surface area contributed by atoms with E-state index in [1.54, 1.807) is 7.11 Å². The first-order chi connectivity index (χ1) is 17.1. The van der Waals surface area contributed by atoms with Gasteiger partial charge in [0.15, 0.2) is 0 Å². The Morgan fingerprint density at radius 3 is 2.66 bits per heavy atom. The number of methoxy groups -OCH3 is 1. The third-order valence-corrected chi connectivity index (χ3v) is 7.28. The number of aromatic nitrogens is 1. The van der Waals surface area contributed by atoms with Crippen LogP contribution in [0.15, 0.2) is 66.1 Å². The van der Waals surface area contributed by atoms with E-state index >= 15 is 0 Å². The highest BCUT2D eigenvalue weighted by Gasteiger charge is 2.26. The molecule has 6 nitrogen and oxygen atoms in total. The third kappa shape index (κ3) is 6.17. The van der Waals surface area contributed by atoms with Gasteiger partial charge < -0.3 is 15.0 Å². The number of rotatable bonds is 8. The lowest BCUT2D eigenvalue weighted by atomic mass is 9.97. The van der Waals surface area contributed by atoms with E-state index in [1.807, 2.05) is 77.9 Å². The van der Waals surface area contributed by atoms with Gasteiger partial charge >= 0.3 is 0 Å². The van der Waals surface area contributed by atoms with Crippen LogP contribution < -0.4 is 10.1 Å². The number of likely N-dealkylation sites (tertiary alicyclic amines) is 1. The fourth-order valence-electron chi connectivity index (χ4n) is 4.30. The molecule has 0 aliphatic carbocycles. The zero-order valence-electron chi connectivity index (χ0n) is 20.2. The van der Waals surface area contributed by atoms with Crippen molar-refractivity contribution in [3.63, 3.8) is 0 Å².